The second-order valence-electron chi connectivity index (χ2n) is 5.33. The van der Waals surface area contributed by atoms with E-state index < -0.39 is 30.5 Å². The first-order valence-electron chi connectivity index (χ1n) is 7.86. The smallest absolute Gasteiger partial charge is 0.331 e. The fraction of sp³-hybridized carbons (Fsp3) is 0.211. The monoisotopic (exact) mass is 373 g/mol. The summed E-state index contributed by atoms with van der Waals surface area (Å²) in [6.07, 6.45) is 3.13. The third-order valence-electron chi connectivity index (χ3n) is 3.40. The van der Waals surface area contributed by atoms with Gasteiger partial charge in [-0.2, -0.15) is 11.3 Å². The maximum Gasteiger partial charge on any atom is 0.331 e. The van der Waals surface area contributed by atoms with E-state index in [2.05, 4.69) is 5.32 Å². The molecule has 0 radical (unpaired) electrons. The van der Waals surface area contributed by atoms with Gasteiger partial charge in [-0.1, -0.05) is 30.3 Å². The number of amides is 1. The van der Waals surface area contributed by atoms with E-state index in [1.54, 1.807) is 6.08 Å². The van der Waals surface area contributed by atoms with Crippen LogP contribution in [0.2, 0.25) is 0 Å². The number of hydrogen-bond donors (Lipinski definition) is 1. The molecule has 1 atom stereocenters. The van der Waals surface area contributed by atoms with E-state index in [4.69, 9.17) is 9.47 Å². The SMILES string of the molecule is COC(=O)[C@H](Cc1ccccc1)NC(=O)COC(=O)/C=C/c1ccsc1. The van der Waals surface area contributed by atoms with Crippen molar-refractivity contribution in [1.29, 1.82) is 0 Å². The Hall–Kier alpha value is -2.93. The van der Waals surface area contributed by atoms with E-state index in [1.807, 2.05) is 47.2 Å². The maximum absolute atomic E-state index is 12.0. The van der Waals surface area contributed by atoms with Gasteiger partial charge in [0.1, 0.15) is 6.04 Å². The van der Waals surface area contributed by atoms with E-state index in [1.165, 1.54) is 24.5 Å². The van der Waals surface area contributed by atoms with Crippen molar-refractivity contribution in [1.82, 2.24) is 5.32 Å². The van der Waals surface area contributed by atoms with E-state index in [0.29, 0.717) is 0 Å². The Morgan fingerprint density at radius 3 is 2.62 bits per heavy atom. The van der Waals surface area contributed by atoms with Gasteiger partial charge < -0.3 is 14.8 Å². The summed E-state index contributed by atoms with van der Waals surface area (Å²) < 4.78 is 9.60. The molecule has 26 heavy (non-hydrogen) atoms. The van der Waals surface area contributed by atoms with Gasteiger partial charge in [-0.05, 0) is 34.0 Å². The molecule has 6 nitrogen and oxygen atoms in total. The molecule has 136 valence electrons. The molecule has 2 aromatic rings. The molecule has 1 amide bonds. The van der Waals surface area contributed by atoms with Crippen LogP contribution in [-0.2, 0) is 30.3 Å². The zero-order chi connectivity index (χ0) is 18.8. The summed E-state index contributed by atoms with van der Waals surface area (Å²) in [6, 6.07) is 10.2. The van der Waals surface area contributed by atoms with Crippen molar-refractivity contribution in [3.05, 3.63) is 64.4 Å². The highest BCUT2D eigenvalue weighted by Crippen LogP contribution is 2.08. The molecule has 0 fully saturated rings. The highest BCUT2D eigenvalue weighted by atomic mass is 32.1. The molecule has 0 saturated carbocycles. The summed E-state index contributed by atoms with van der Waals surface area (Å²) in [5, 5.41) is 6.29. The van der Waals surface area contributed by atoms with Crippen LogP contribution in [0.3, 0.4) is 0 Å². The van der Waals surface area contributed by atoms with Crippen molar-refractivity contribution >= 4 is 35.3 Å². The number of methoxy groups -OCH3 is 1. The number of thiophene rings is 1. The average Bonchev–Trinajstić information content (AvgIpc) is 3.18. The number of rotatable bonds is 8. The van der Waals surface area contributed by atoms with Gasteiger partial charge >= 0.3 is 11.9 Å². The Kier molecular flexibility index (Phi) is 7.57. The molecule has 0 aliphatic carbocycles. The number of carbonyl (C=O) groups is 3. The Bertz CT molecular complexity index is 756. The van der Waals surface area contributed by atoms with Gasteiger partial charge in [0.25, 0.3) is 5.91 Å². The van der Waals surface area contributed by atoms with E-state index in [0.717, 1.165) is 11.1 Å². The van der Waals surface area contributed by atoms with Crippen molar-refractivity contribution in [2.75, 3.05) is 13.7 Å². The summed E-state index contributed by atoms with van der Waals surface area (Å²) in [5.74, 6) is -1.77. The van der Waals surface area contributed by atoms with Crippen molar-refractivity contribution < 1.29 is 23.9 Å². The summed E-state index contributed by atoms with van der Waals surface area (Å²) >= 11 is 1.51. The number of hydrogen-bond acceptors (Lipinski definition) is 6. The number of nitrogens with one attached hydrogen (secondary N) is 1. The van der Waals surface area contributed by atoms with E-state index >= 15 is 0 Å². The van der Waals surface area contributed by atoms with Crippen molar-refractivity contribution in [2.24, 2.45) is 0 Å². The molecule has 1 N–H and O–H groups in total. The maximum atomic E-state index is 12.0. The summed E-state index contributed by atoms with van der Waals surface area (Å²) in [6.45, 7) is -0.477. The molecule has 1 aromatic carbocycles. The molecule has 0 aliphatic rings. The average molecular weight is 373 g/mol. The van der Waals surface area contributed by atoms with Gasteiger partial charge in [0.2, 0.25) is 0 Å². The minimum Gasteiger partial charge on any atom is -0.467 e. The lowest BCUT2D eigenvalue weighted by Crippen LogP contribution is -2.44. The normalized spacial score (nSPS) is 11.7. The van der Waals surface area contributed by atoms with Crippen molar-refractivity contribution in [3.8, 4) is 0 Å². The minimum absolute atomic E-state index is 0.283. The first-order chi connectivity index (χ1) is 12.6. The molecule has 2 rings (SSSR count). The predicted octanol–water partition coefficient (Wildman–Crippen LogP) is 2.21. The molecular weight excluding hydrogens is 354 g/mol. The quantitative estimate of drug-likeness (QED) is 0.567. The Balaban J connectivity index is 1.84. The van der Waals surface area contributed by atoms with E-state index in [-0.39, 0.29) is 6.42 Å². The largest absolute Gasteiger partial charge is 0.467 e. The number of carbonyl (C=O) groups excluding carboxylic acids is 3. The van der Waals surface area contributed by atoms with Crippen molar-refractivity contribution in [3.63, 3.8) is 0 Å². The van der Waals surface area contributed by atoms with Gasteiger partial charge in [0, 0.05) is 12.5 Å². The van der Waals surface area contributed by atoms with Crippen molar-refractivity contribution in [2.45, 2.75) is 12.5 Å². The molecule has 1 heterocycles. The van der Waals surface area contributed by atoms with Crippen LogP contribution in [0.1, 0.15) is 11.1 Å². The first-order valence-corrected chi connectivity index (χ1v) is 8.81. The predicted molar refractivity (Wildman–Crippen MR) is 98.4 cm³/mol. The van der Waals surface area contributed by atoms with Crippen LogP contribution in [-0.4, -0.2) is 37.6 Å². The van der Waals surface area contributed by atoms with Crippen LogP contribution in [0.5, 0.6) is 0 Å². The van der Waals surface area contributed by atoms with E-state index in [9.17, 15) is 14.4 Å². The first kappa shape index (κ1) is 19.4. The zero-order valence-electron chi connectivity index (χ0n) is 14.2. The van der Waals surface area contributed by atoms with Crippen LogP contribution in [0.4, 0.5) is 0 Å². The zero-order valence-corrected chi connectivity index (χ0v) is 15.0. The van der Waals surface area contributed by atoms with Gasteiger partial charge in [-0.3, -0.25) is 4.79 Å². The topological polar surface area (TPSA) is 81.7 Å². The lowest BCUT2D eigenvalue weighted by molar-refractivity contribution is -0.147. The lowest BCUT2D eigenvalue weighted by atomic mass is 10.1. The fourth-order valence-electron chi connectivity index (χ4n) is 2.14. The highest BCUT2D eigenvalue weighted by molar-refractivity contribution is 7.08. The fourth-order valence-corrected chi connectivity index (χ4v) is 2.77. The molecule has 0 spiro atoms. The van der Waals surface area contributed by atoms with Crippen LogP contribution >= 0.6 is 11.3 Å². The second kappa shape index (κ2) is 10.1. The third kappa shape index (κ3) is 6.52. The standard InChI is InChI=1S/C19H19NO5S/c1-24-19(23)16(11-14-5-3-2-4-6-14)20-17(21)12-25-18(22)8-7-15-9-10-26-13-15/h2-10,13,16H,11-12H2,1H3,(H,20,21)/b8-7+/t16-/m0/s1. The molecule has 1 aromatic heterocycles. The lowest BCUT2D eigenvalue weighted by Gasteiger charge is -2.16. The number of benzene rings is 1. The third-order valence-corrected chi connectivity index (χ3v) is 4.11. The second-order valence-corrected chi connectivity index (χ2v) is 6.11. The van der Waals surface area contributed by atoms with Crippen LogP contribution in [0.15, 0.2) is 53.2 Å². The Morgan fingerprint density at radius 2 is 1.96 bits per heavy atom. The number of esters is 2. The molecule has 0 unspecified atom stereocenters. The molecule has 0 bridgehead atoms. The van der Waals surface area contributed by atoms with Crippen LogP contribution in [0.25, 0.3) is 6.08 Å². The number of ether oxygens (including phenoxy) is 2. The Labute approximate surface area is 155 Å². The Morgan fingerprint density at radius 1 is 1.19 bits per heavy atom. The van der Waals surface area contributed by atoms with Crippen LogP contribution < -0.4 is 5.32 Å². The molecular formula is C19H19NO5S. The summed E-state index contributed by atoms with van der Waals surface area (Å²) in [7, 11) is 1.25. The molecule has 0 saturated heterocycles. The van der Waals surface area contributed by atoms with Gasteiger partial charge in [-0.15, -0.1) is 0 Å². The minimum atomic E-state index is -0.852. The van der Waals surface area contributed by atoms with Crippen LogP contribution in [0, 0.1) is 0 Å². The summed E-state index contributed by atoms with van der Waals surface area (Å²) in [4.78, 5) is 35.5. The van der Waals surface area contributed by atoms with Gasteiger partial charge in [-0.25, -0.2) is 9.59 Å². The molecule has 0 aliphatic heterocycles. The van der Waals surface area contributed by atoms with Gasteiger partial charge in [0.15, 0.2) is 6.61 Å². The molecule has 7 heteroatoms. The summed E-state index contributed by atoms with van der Waals surface area (Å²) in [5.41, 5.74) is 1.75. The van der Waals surface area contributed by atoms with Gasteiger partial charge in [0.05, 0.1) is 7.11 Å². The highest BCUT2D eigenvalue weighted by Gasteiger charge is 2.22.